The molecule has 2 heterocycles. The first-order chi connectivity index (χ1) is 16.2. The van der Waals surface area contributed by atoms with E-state index in [2.05, 4.69) is 40.4 Å². The maximum Gasteiger partial charge on any atom is 0.283 e. The fraction of sp³-hybridized carbons (Fsp3) is 0.0357. The van der Waals surface area contributed by atoms with Gasteiger partial charge in [0, 0.05) is 16.5 Å². The summed E-state index contributed by atoms with van der Waals surface area (Å²) in [5.74, 6) is 0.565. The first-order valence-corrected chi connectivity index (χ1v) is 11.6. The van der Waals surface area contributed by atoms with Crippen LogP contribution < -0.4 is 5.56 Å². The SMILES string of the molecule is Cc1nc2scc(-c3ccccc3)c2c(=O)n1/N=C\c1c2ccccc2cc2ccccc12. The van der Waals surface area contributed by atoms with Crippen molar-refractivity contribution >= 4 is 49.3 Å². The van der Waals surface area contributed by atoms with E-state index in [0.29, 0.717) is 11.2 Å². The maximum atomic E-state index is 13.6. The zero-order valence-corrected chi connectivity index (χ0v) is 18.7. The molecule has 0 aliphatic carbocycles. The van der Waals surface area contributed by atoms with Gasteiger partial charge in [-0.25, -0.2) is 4.98 Å². The number of fused-ring (bicyclic) bond motifs is 3. The van der Waals surface area contributed by atoms with E-state index < -0.39 is 0 Å². The Hall–Kier alpha value is -4.09. The van der Waals surface area contributed by atoms with Crippen LogP contribution in [0.15, 0.2) is 100 Å². The van der Waals surface area contributed by atoms with Gasteiger partial charge in [-0.05, 0) is 40.1 Å². The highest BCUT2D eigenvalue weighted by Crippen LogP contribution is 2.31. The highest BCUT2D eigenvalue weighted by molar-refractivity contribution is 7.17. The van der Waals surface area contributed by atoms with Crippen molar-refractivity contribution in [1.29, 1.82) is 0 Å². The lowest BCUT2D eigenvalue weighted by molar-refractivity contribution is 0.773. The van der Waals surface area contributed by atoms with Crippen LogP contribution in [0.1, 0.15) is 11.4 Å². The van der Waals surface area contributed by atoms with Crippen LogP contribution in [0.25, 0.3) is 42.9 Å². The molecule has 0 aliphatic rings. The molecule has 6 rings (SSSR count). The quantitative estimate of drug-likeness (QED) is 0.227. The molecule has 4 nitrogen and oxygen atoms in total. The molecule has 0 N–H and O–H groups in total. The van der Waals surface area contributed by atoms with Gasteiger partial charge in [-0.15, -0.1) is 11.3 Å². The van der Waals surface area contributed by atoms with Crippen LogP contribution in [0.5, 0.6) is 0 Å². The van der Waals surface area contributed by atoms with Gasteiger partial charge in [-0.3, -0.25) is 4.79 Å². The Kier molecular flexibility index (Phi) is 4.63. The lowest BCUT2D eigenvalue weighted by atomic mass is 9.97. The molecule has 33 heavy (non-hydrogen) atoms. The minimum atomic E-state index is -0.154. The smallest absolute Gasteiger partial charge is 0.267 e. The largest absolute Gasteiger partial charge is 0.283 e. The lowest BCUT2D eigenvalue weighted by Crippen LogP contribution is -2.20. The Morgan fingerprint density at radius 1 is 0.879 bits per heavy atom. The van der Waals surface area contributed by atoms with Gasteiger partial charge in [0.1, 0.15) is 10.7 Å². The molecular weight excluding hydrogens is 426 g/mol. The topological polar surface area (TPSA) is 47.2 Å². The van der Waals surface area contributed by atoms with E-state index in [1.54, 1.807) is 6.21 Å². The molecule has 4 aromatic carbocycles. The van der Waals surface area contributed by atoms with Gasteiger partial charge in [-0.1, -0.05) is 78.9 Å². The van der Waals surface area contributed by atoms with Crippen LogP contribution in [-0.2, 0) is 0 Å². The lowest BCUT2D eigenvalue weighted by Gasteiger charge is -2.09. The summed E-state index contributed by atoms with van der Waals surface area (Å²) >= 11 is 1.49. The molecule has 0 saturated carbocycles. The number of aryl methyl sites for hydroxylation is 1. The summed E-state index contributed by atoms with van der Waals surface area (Å²) in [6, 6.07) is 28.6. The number of thiophene rings is 1. The van der Waals surface area contributed by atoms with E-state index in [4.69, 9.17) is 0 Å². The molecule has 0 saturated heterocycles. The Labute approximate surface area is 194 Å². The summed E-state index contributed by atoms with van der Waals surface area (Å²) in [5.41, 5.74) is 2.73. The molecule has 2 aromatic heterocycles. The average Bonchev–Trinajstić information content (AvgIpc) is 3.27. The van der Waals surface area contributed by atoms with Crippen LogP contribution in [0.2, 0.25) is 0 Å². The second-order valence-electron chi connectivity index (χ2n) is 7.95. The van der Waals surface area contributed by atoms with Crippen molar-refractivity contribution in [1.82, 2.24) is 9.66 Å². The second kappa shape index (κ2) is 7.80. The third-order valence-electron chi connectivity index (χ3n) is 5.95. The van der Waals surface area contributed by atoms with Crippen molar-refractivity contribution in [3.63, 3.8) is 0 Å². The summed E-state index contributed by atoms with van der Waals surface area (Å²) in [7, 11) is 0. The van der Waals surface area contributed by atoms with Crippen LogP contribution in [0.4, 0.5) is 0 Å². The fourth-order valence-electron chi connectivity index (χ4n) is 4.35. The standard InChI is InChI=1S/C28H19N3OS/c1-18-30-27-26(25(17-33-27)19-9-3-2-4-10-19)28(32)31(18)29-16-24-22-13-7-5-11-20(22)15-21-12-6-8-14-23(21)24/h2-17H,1H3/b29-16-. The van der Waals surface area contributed by atoms with E-state index in [1.165, 1.54) is 16.0 Å². The summed E-state index contributed by atoms with van der Waals surface area (Å²) in [4.78, 5) is 19.0. The molecule has 0 aliphatic heterocycles. The molecule has 0 radical (unpaired) electrons. The molecule has 158 valence electrons. The zero-order valence-electron chi connectivity index (χ0n) is 17.9. The van der Waals surface area contributed by atoms with Crippen LogP contribution in [-0.4, -0.2) is 15.9 Å². The molecular formula is C28H19N3OS. The number of benzene rings is 4. The Bertz CT molecular complexity index is 1690. The Morgan fingerprint density at radius 3 is 2.21 bits per heavy atom. The summed E-state index contributed by atoms with van der Waals surface area (Å²) < 4.78 is 1.41. The summed E-state index contributed by atoms with van der Waals surface area (Å²) in [6.45, 7) is 1.82. The monoisotopic (exact) mass is 445 g/mol. The Morgan fingerprint density at radius 2 is 1.52 bits per heavy atom. The van der Waals surface area contributed by atoms with Crippen LogP contribution in [0.3, 0.4) is 0 Å². The van der Waals surface area contributed by atoms with Crippen LogP contribution in [0, 0.1) is 6.92 Å². The minimum absolute atomic E-state index is 0.154. The predicted molar refractivity (Wildman–Crippen MR) is 138 cm³/mol. The number of nitrogens with zero attached hydrogens (tertiary/aromatic N) is 3. The number of hydrogen-bond donors (Lipinski definition) is 0. The summed E-state index contributed by atoms with van der Waals surface area (Å²) in [6.07, 6.45) is 1.79. The van der Waals surface area contributed by atoms with E-state index in [1.807, 2.05) is 66.9 Å². The second-order valence-corrected chi connectivity index (χ2v) is 8.81. The zero-order chi connectivity index (χ0) is 22.4. The van der Waals surface area contributed by atoms with Gasteiger partial charge < -0.3 is 0 Å². The van der Waals surface area contributed by atoms with Gasteiger partial charge >= 0.3 is 0 Å². The van der Waals surface area contributed by atoms with E-state index in [-0.39, 0.29) is 5.56 Å². The van der Waals surface area contributed by atoms with Crippen molar-refractivity contribution in [2.24, 2.45) is 5.10 Å². The number of aromatic nitrogens is 2. The van der Waals surface area contributed by atoms with Crippen molar-refractivity contribution in [2.45, 2.75) is 6.92 Å². The highest BCUT2D eigenvalue weighted by Gasteiger charge is 2.15. The van der Waals surface area contributed by atoms with Crippen LogP contribution >= 0.6 is 11.3 Å². The van der Waals surface area contributed by atoms with Gasteiger partial charge in [-0.2, -0.15) is 9.78 Å². The van der Waals surface area contributed by atoms with E-state index in [0.717, 1.165) is 43.1 Å². The molecule has 5 heteroatoms. The molecule has 0 unspecified atom stereocenters. The van der Waals surface area contributed by atoms with Crippen molar-refractivity contribution in [3.8, 4) is 11.1 Å². The molecule has 0 spiro atoms. The molecule has 6 aromatic rings. The Balaban J connectivity index is 1.58. The molecule has 0 bridgehead atoms. The third kappa shape index (κ3) is 3.25. The molecule has 0 amide bonds. The average molecular weight is 446 g/mol. The first-order valence-electron chi connectivity index (χ1n) is 10.7. The highest BCUT2D eigenvalue weighted by atomic mass is 32.1. The van der Waals surface area contributed by atoms with Crippen molar-refractivity contribution in [2.75, 3.05) is 0 Å². The minimum Gasteiger partial charge on any atom is -0.267 e. The maximum absolute atomic E-state index is 13.6. The third-order valence-corrected chi connectivity index (χ3v) is 6.82. The number of hydrogen-bond acceptors (Lipinski definition) is 4. The van der Waals surface area contributed by atoms with E-state index in [9.17, 15) is 4.79 Å². The first kappa shape index (κ1) is 19.6. The van der Waals surface area contributed by atoms with Gasteiger partial charge in [0.05, 0.1) is 11.6 Å². The van der Waals surface area contributed by atoms with E-state index >= 15 is 0 Å². The molecule has 0 fully saturated rings. The normalized spacial score (nSPS) is 11.8. The number of rotatable bonds is 3. The van der Waals surface area contributed by atoms with Gasteiger partial charge in [0.25, 0.3) is 5.56 Å². The van der Waals surface area contributed by atoms with Crippen molar-refractivity contribution < 1.29 is 0 Å². The predicted octanol–water partition coefficient (Wildman–Crippen LogP) is 6.62. The summed E-state index contributed by atoms with van der Waals surface area (Å²) in [5, 5.41) is 11.7. The molecule has 0 atom stereocenters. The van der Waals surface area contributed by atoms with Crippen molar-refractivity contribution in [3.05, 3.63) is 112 Å². The van der Waals surface area contributed by atoms with Gasteiger partial charge in [0.15, 0.2) is 0 Å². The van der Waals surface area contributed by atoms with Gasteiger partial charge in [0.2, 0.25) is 0 Å². The fourth-order valence-corrected chi connectivity index (χ4v) is 5.34.